The third kappa shape index (κ3) is 4.12. The van der Waals surface area contributed by atoms with Crippen molar-refractivity contribution in [1.82, 2.24) is 4.90 Å². The Labute approximate surface area is 195 Å². The van der Waals surface area contributed by atoms with Crippen molar-refractivity contribution in [3.05, 3.63) is 88.5 Å². The molecule has 1 fully saturated rings. The van der Waals surface area contributed by atoms with Crippen LogP contribution in [0.25, 0.3) is 11.0 Å². The minimum atomic E-state index is -0.287. The molecule has 1 N–H and O–H groups in total. The van der Waals surface area contributed by atoms with Gasteiger partial charge in [0.05, 0.1) is 18.0 Å². The Kier molecular flexibility index (Phi) is 5.89. The number of hydrogen-bond donors (Lipinski definition) is 1. The fraction of sp³-hybridized carbons (Fsp3) is 0.269. The number of likely N-dealkylation sites (tertiary alicyclic amines) is 1. The third-order valence-electron chi connectivity index (χ3n) is 6.22. The summed E-state index contributed by atoms with van der Waals surface area (Å²) in [6, 6.07) is 19.5. The van der Waals surface area contributed by atoms with E-state index >= 15 is 0 Å². The summed E-state index contributed by atoms with van der Waals surface area (Å²) in [5, 5.41) is 3.97. The Morgan fingerprint density at radius 2 is 1.81 bits per heavy atom. The molecule has 0 bridgehead atoms. The number of rotatable bonds is 5. The van der Waals surface area contributed by atoms with Crippen LogP contribution in [-0.2, 0) is 0 Å². The smallest absolute Gasteiger partial charge is 0.291 e. The molecule has 5 nitrogen and oxygen atoms in total. The third-order valence-corrected chi connectivity index (χ3v) is 6.75. The number of para-hydroxylation sites is 1. The molecule has 0 radical (unpaired) electrons. The molecule has 4 aromatic rings. The summed E-state index contributed by atoms with van der Waals surface area (Å²) < 4.78 is 12.8. The first-order chi connectivity index (χ1) is 15.6. The number of fused-ring (bicyclic) bond motifs is 1. The predicted octanol–water partition coefficient (Wildman–Crippen LogP) is 6.86. The van der Waals surface area contributed by atoms with E-state index in [1.807, 2.05) is 24.3 Å². The monoisotopic (exact) mass is 492 g/mol. The van der Waals surface area contributed by atoms with E-state index in [9.17, 15) is 4.79 Å². The molecular formula is C26H25BrN2O3. The van der Waals surface area contributed by atoms with Gasteiger partial charge in [-0.1, -0.05) is 47.1 Å². The van der Waals surface area contributed by atoms with Gasteiger partial charge in [0.2, 0.25) is 0 Å². The topological polar surface area (TPSA) is 58.6 Å². The summed E-state index contributed by atoms with van der Waals surface area (Å²) in [6.07, 6.45) is 3.78. The summed E-state index contributed by atoms with van der Waals surface area (Å²) in [7, 11) is 0. The maximum Gasteiger partial charge on any atom is 0.291 e. The van der Waals surface area contributed by atoms with Crippen molar-refractivity contribution < 1.29 is 13.6 Å². The highest BCUT2D eigenvalue weighted by Gasteiger charge is 2.32. The lowest BCUT2D eigenvalue weighted by Gasteiger charge is -2.36. The van der Waals surface area contributed by atoms with Gasteiger partial charge in [-0.05, 0) is 73.8 Å². The van der Waals surface area contributed by atoms with E-state index in [1.165, 1.54) is 6.26 Å². The van der Waals surface area contributed by atoms with Gasteiger partial charge in [-0.2, -0.15) is 0 Å². The highest BCUT2D eigenvalue weighted by molar-refractivity contribution is 9.10. The van der Waals surface area contributed by atoms with Crippen LogP contribution in [0.3, 0.4) is 0 Å². The van der Waals surface area contributed by atoms with Crippen LogP contribution in [0.15, 0.2) is 80.2 Å². The quantitative estimate of drug-likeness (QED) is 0.330. The van der Waals surface area contributed by atoms with Crippen LogP contribution < -0.4 is 5.32 Å². The van der Waals surface area contributed by atoms with Crippen LogP contribution in [0, 0.1) is 5.92 Å². The fourth-order valence-corrected chi connectivity index (χ4v) is 4.69. The van der Waals surface area contributed by atoms with Gasteiger partial charge in [-0.25, -0.2) is 0 Å². The van der Waals surface area contributed by atoms with Crippen molar-refractivity contribution in [2.45, 2.75) is 25.8 Å². The first kappa shape index (κ1) is 21.0. The van der Waals surface area contributed by atoms with Gasteiger partial charge in [0.25, 0.3) is 5.91 Å². The Morgan fingerprint density at radius 1 is 1.06 bits per heavy atom. The number of carbonyl (C=O) groups excluding carboxylic acids is 1. The number of nitrogens with one attached hydrogen (secondary N) is 1. The van der Waals surface area contributed by atoms with Crippen LogP contribution in [0.5, 0.6) is 0 Å². The number of furan rings is 2. The summed E-state index contributed by atoms with van der Waals surface area (Å²) in [5.74, 6) is 1.45. The van der Waals surface area contributed by atoms with E-state index in [4.69, 9.17) is 8.83 Å². The summed E-state index contributed by atoms with van der Waals surface area (Å²) in [6.45, 7) is 4.26. The average Bonchev–Trinajstić information content (AvgIpc) is 3.46. The SMILES string of the molecule is CC1CCN([C@@H](c2ccc(Br)cc2)c2oc3ccccc3c2NC(=O)c2ccco2)CC1. The Morgan fingerprint density at radius 3 is 2.53 bits per heavy atom. The van der Waals surface area contributed by atoms with E-state index < -0.39 is 0 Å². The van der Waals surface area contributed by atoms with Gasteiger partial charge < -0.3 is 14.2 Å². The molecule has 3 heterocycles. The molecule has 1 aliphatic rings. The minimum Gasteiger partial charge on any atom is -0.459 e. The molecule has 1 aliphatic heterocycles. The lowest BCUT2D eigenvalue weighted by atomic mass is 9.94. The van der Waals surface area contributed by atoms with E-state index in [2.05, 4.69) is 57.3 Å². The second-order valence-electron chi connectivity index (χ2n) is 8.44. The molecule has 1 saturated heterocycles. The number of halogens is 1. The van der Waals surface area contributed by atoms with Crippen molar-refractivity contribution in [2.75, 3.05) is 18.4 Å². The maximum atomic E-state index is 12.9. The molecule has 0 unspecified atom stereocenters. The Balaban J connectivity index is 1.63. The Bertz CT molecular complexity index is 1210. The van der Waals surface area contributed by atoms with Gasteiger partial charge in [0, 0.05) is 9.86 Å². The van der Waals surface area contributed by atoms with Crippen molar-refractivity contribution >= 4 is 38.5 Å². The van der Waals surface area contributed by atoms with Crippen LogP contribution in [0.1, 0.15) is 47.7 Å². The summed E-state index contributed by atoms with van der Waals surface area (Å²) >= 11 is 3.55. The zero-order valence-electron chi connectivity index (χ0n) is 17.9. The highest BCUT2D eigenvalue weighted by atomic mass is 79.9. The lowest BCUT2D eigenvalue weighted by molar-refractivity contribution is 0.0995. The van der Waals surface area contributed by atoms with Gasteiger partial charge in [0.15, 0.2) is 5.76 Å². The molecule has 0 spiro atoms. The van der Waals surface area contributed by atoms with Crippen LogP contribution in [0.2, 0.25) is 0 Å². The minimum absolute atomic E-state index is 0.102. The number of nitrogens with zero attached hydrogens (tertiary/aromatic N) is 1. The zero-order chi connectivity index (χ0) is 22.1. The molecule has 164 valence electrons. The average molecular weight is 493 g/mol. The molecule has 32 heavy (non-hydrogen) atoms. The molecule has 2 aromatic carbocycles. The molecule has 1 atom stereocenters. The maximum absolute atomic E-state index is 12.9. The van der Waals surface area contributed by atoms with E-state index in [0.29, 0.717) is 11.6 Å². The van der Waals surface area contributed by atoms with Gasteiger partial charge in [-0.3, -0.25) is 9.69 Å². The molecule has 2 aromatic heterocycles. The Hall–Kier alpha value is -2.83. The van der Waals surface area contributed by atoms with Crippen LogP contribution >= 0.6 is 15.9 Å². The standard InChI is InChI=1S/C26H25BrN2O3/c1-17-12-14-29(15-13-17)24(18-8-10-19(27)11-9-18)25-23(20-5-2-3-6-21(20)32-25)28-26(30)22-7-4-16-31-22/h2-11,16-17,24H,12-15H2,1H3,(H,28,30)/t24-/m0/s1. The lowest BCUT2D eigenvalue weighted by Crippen LogP contribution is -2.37. The predicted molar refractivity (Wildman–Crippen MR) is 129 cm³/mol. The van der Waals surface area contributed by atoms with E-state index in [-0.39, 0.29) is 17.7 Å². The molecular weight excluding hydrogens is 468 g/mol. The number of anilines is 1. The van der Waals surface area contributed by atoms with Crippen LogP contribution in [-0.4, -0.2) is 23.9 Å². The van der Waals surface area contributed by atoms with Crippen molar-refractivity contribution in [3.63, 3.8) is 0 Å². The number of amides is 1. The second-order valence-corrected chi connectivity index (χ2v) is 9.36. The van der Waals surface area contributed by atoms with E-state index in [0.717, 1.165) is 52.7 Å². The first-order valence-electron chi connectivity index (χ1n) is 11.0. The van der Waals surface area contributed by atoms with Gasteiger partial charge >= 0.3 is 0 Å². The molecule has 1 amide bonds. The second kappa shape index (κ2) is 8.96. The van der Waals surface area contributed by atoms with Crippen molar-refractivity contribution in [2.24, 2.45) is 5.92 Å². The molecule has 0 saturated carbocycles. The largest absolute Gasteiger partial charge is 0.459 e. The number of benzene rings is 2. The molecule has 0 aliphatic carbocycles. The summed E-state index contributed by atoms with van der Waals surface area (Å²) in [4.78, 5) is 15.4. The molecule has 6 heteroatoms. The van der Waals surface area contributed by atoms with Crippen LogP contribution in [0.4, 0.5) is 5.69 Å². The van der Waals surface area contributed by atoms with Crippen molar-refractivity contribution in [3.8, 4) is 0 Å². The van der Waals surface area contributed by atoms with Gasteiger partial charge in [0.1, 0.15) is 11.3 Å². The van der Waals surface area contributed by atoms with Crippen molar-refractivity contribution in [1.29, 1.82) is 0 Å². The zero-order valence-corrected chi connectivity index (χ0v) is 19.5. The highest BCUT2D eigenvalue weighted by Crippen LogP contribution is 2.42. The first-order valence-corrected chi connectivity index (χ1v) is 11.8. The number of piperidine rings is 1. The number of hydrogen-bond acceptors (Lipinski definition) is 4. The number of carbonyl (C=O) groups is 1. The van der Waals surface area contributed by atoms with Gasteiger partial charge in [-0.15, -0.1) is 0 Å². The summed E-state index contributed by atoms with van der Waals surface area (Å²) in [5.41, 5.74) is 2.59. The fourth-order valence-electron chi connectivity index (χ4n) is 4.43. The molecule has 5 rings (SSSR count). The van der Waals surface area contributed by atoms with E-state index in [1.54, 1.807) is 12.1 Å². The normalized spacial score (nSPS) is 16.3.